The van der Waals surface area contributed by atoms with E-state index < -0.39 is 0 Å². The monoisotopic (exact) mass is 346 g/mol. The van der Waals surface area contributed by atoms with Crippen molar-refractivity contribution >= 4 is 12.2 Å². The molecule has 3 rings (SSSR count). The molecular formula is C24H28NO+. The maximum atomic E-state index is 5.21. The highest BCUT2D eigenvalue weighted by Crippen LogP contribution is 2.27. The van der Waals surface area contributed by atoms with Crippen molar-refractivity contribution in [3.8, 4) is 16.9 Å². The van der Waals surface area contributed by atoms with Crippen molar-refractivity contribution in [3.63, 3.8) is 0 Å². The van der Waals surface area contributed by atoms with Crippen molar-refractivity contribution < 1.29 is 9.30 Å². The highest BCUT2D eigenvalue weighted by Gasteiger charge is 2.24. The molecule has 2 heteroatoms. The largest absolute Gasteiger partial charge is 0.497 e. The molecule has 0 saturated heterocycles. The van der Waals surface area contributed by atoms with Crippen LogP contribution < -0.4 is 9.30 Å². The van der Waals surface area contributed by atoms with Gasteiger partial charge in [-0.05, 0) is 35.4 Å². The summed E-state index contributed by atoms with van der Waals surface area (Å²) in [7, 11) is 1.69. The van der Waals surface area contributed by atoms with Crippen LogP contribution in [-0.4, -0.2) is 7.11 Å². The summed E-state index contributed by atoms with van der Waals surface area (Å²) >= 11 is 0. The van der Waals surface area contributed by atoms with Crippen molar-refractivity contribution in [2.45, 2.75) is 40.2 Å². The van der Waals surface area contributed by atoms with Gasteiger partial charge in [0.2, 0.25) is 0 Å². The Hall–Kier alpha value is -2.61. The van der Waals surface area contributed by atoms with E-state index in [1.807, 2.05) is 12.1 Å². The number of fused-ring (bicyclic) bond motifs is 1. The Morgan fingerprint density at radius 2 is 1.31 bits per heavy atom. The van der Waals surface area contributed by atoms with Gasteiger partial charge >= 0.3 is 0 Å². The van der Waals surface area contributed by atoms with Crippen molar-refractivity contribution in [3.05, 3.63) is 71.0 Å². The number of benzene rings is 1. The minimum Gasteiger partial charge on any atom is -0.497 e. The van der Waals surface area contributed by atoms with E-state index in [0.29, 0.717) is 0 Å². The lowest BCUT2D eigenvalue weighted by Crippen LogP contribution is -2.37. The van der Waals surface area contributed by atoms with Crippen molar-refractivity contribution in [1.82, 2.24) is 0 Å². The molecule has 1 aliphatic heterocycles. The third-order valence-corrected chi connectivity index (χ3v) is 5.08. The van der Waals surface area contributed by atoms with Gasteiger partial charge in [-0.1, -0.05) is 49.8 Å². The van der Waals surface area contributed by atoms with E-state index in [-0.39, 0.29) is 0 Å². The summed E-state index contributed by atoms with van der Waals surface area (Å²) < 4.78 is 7.67. The van der Waals surface area contributed by atoms with E-state index in [4.69, 9.17) is 4.74 Å². The average molecular weight is 346 g/mol. The fourth-order valence-electron chi connectivity index (χ4n) is 3.44. The summed E-state index contributed by atoms with van der Waals surface area (Å²) in [5, 5.41) is 0. The van der Waals surface area contributed by atoms with E-state index >= 15 is 0 Å². The molecule has 1 aliphatic carbocycles. The molecule has 134 valence electrons. The molecule has 0 unspecified atom stereocenters. The van der Waals surface area contributed by atoms with Gasteiger partial charge in [0.25, 0.3) is 0 Å². The molecule has 1 aromatic rings. The Kier molecular flexibility index (Phi) is 5.72. The fourth-order valence-corrected chi connectivity index (χ4v) is 3.44. The van der Waals surface area contributed by atoms with Gasteiger partial charge < -0.3 is 4.74 Å². The molecule has 2 nitrogen and oxygen atoms in total. The summed E-state index contributed by atoms with van der Waals surface area (Å²) in [5.41, 5.74) is 7.81. The van der Waals surface area contributed by atoms with Crippen LogP contribution in [-0.2, 0) is 6.54 Å². The Balaban J connectivity index is 1.89. The van der Waals surface area contributed by atoms with Crippen molar-refractivity contribution in [2.75, 3.05) is 7.11 Å². The molecule has 1 heterocycles. The van der Waals surface area contributed by atoms with Crippen LogP contribution in [0.2, 0.25) is 0 Å². The lowest BCUT2D eigenvalue weighted by atomic mass is 10.1. The quantitative estimate of drug-likeness (QED) is 0.524. The van der Waals surface area contributed by atoms with E-state index in [1.54, 1.807) is 7.11 Å². The smallest absolute Gasteiger partial charge is 0.186 e. The Bertz CT molecular complexity index is 838. The number of nitrogens with zero attached hydrogens (tertiary/aromatic N) is 1. The maximum absolute atomic E-state index is 5.21. The van der Waals surface area contributed by atoms with Crippen LogP contribution in [0.15, 0.2) is 48.5 Å². The molecule has 0 fully saturated rings. The van der Waals surface area contributed by atoms with E-state index in [1.165, 1.54) is 46.5 Å². The predicted molar refractivity (Wildman–Crippen MR) is 110 cm³/mol. The molecule has 0 saturated carbocycles. The maximum Gasteiger partial charge on any atom is 0.186 e. The first kappa shape index (κ1) is 18.2. The van der Waals surface area contributed by atoms with Gasteiger partial charge in [-0.3, -0.25) is 0 Å². The molecule has 0 spiro atoms. The van der Waals surface area contributed by atoms with Gasteiger partial charge in [0.15, 0.2) is 11.4 Å². The molecule has 26 heavy (non-hydrogen) atoms. The molecule has 0 radical (unpaired) electrons. The third kappa shape index (κ3) is 3.80. The first-order valence-electron chi connectivity index (χ1n) is 9.39. The SMILES string of the molecule is CCCC[n+]1c(C)c2ccc(/C=C/c3ccc(OC)cc3)ccc-2c1C. The standard InChI is InChI=1S/C24H28NO/c1-5-6-17-25-18(2)23-15-11-21(12-16-24(23)19(25)3)8-7-20-9-13-22(26-4)14-10-20/h7-16H,5-6,17H2,1-4H3/q+1/b8-7+. The third-order valence-electron chi connectivity index (χ3n) is 5.08. The fraction of sp³-hybridized carbons (Fsp3) is 0.292. The molecule has 0 bridgehead atoms. The van der Waals surface area contributed by atoms with Crippen molar-refractivity contribution in [2.24, 2.45) is 0 Å². The number of hydrogen-bond acceptors (Lipinski definition) is 1. The van der Waals surface area contributed by atoms with Crippen LogP contribution in [0.5, 0.6) is 5.75 Å². The lowest BCUT2D eigenvalue weighted by Gasteiger charge is -1.98. The van der Waals surface area contributed by atoms with Crippen LogP contribution in [0.3, 0.4) is 0 Å². The molecule has 2 aliphatic rings. The second-order valence-electron chi connectivity index (χ2n) is 6.78. The molecule has 0 N–H and O–H groups in total. The molecule has 1 aromatic carbocycles. The zero-order chi connectivity index (χ0) is 18.5. The highest BCUT2D eigenvalue weighted by molar-refractivity contribution is 5.73. The van der Waals surface area contributed by atoms with Crippen LogP contribution >= 0.6 is 0 Å². The van der Waals surface area contributed by atoms with Gasteiger partial charge in [0.05, 0.1) is 18.2 Å². The molecule has 0 amide bonds. The second kappa shape index (κ2) is 8.18. The second-order valence-corrected chi connectivity index (χ2v) is 6.78. The number of unbranched alkanes of at least 4 members (excludes halogenated alkanes) is 1. The summed E-state index contributed by atoms with van der Waals surface area (Å²) in [4.78, 5) is 0. The average Bonchev–Trinajstić information content (AvgIpc) is 2.82. The van der Waals surface area contributed by atoms with E-state index in [0.717, 1.165) is 12.3 Å². The Morgan fingerprint density at radius 3 is 1.77 bits per heavy atom. The van der Waals surface area contributed by atoms with Gasteiger partial charge in [0, 0.05) is 20.3 Å². The summed E-state index contributed by atoms with van der Waals surface area (Å²) in [6, 6.07) is 17.0. The Labute approximate surface area is 157 Å². The molecular weight excluding hydrogens is 318 g/mol. The number of hydrogen-bond donors (Lipinski definition) is 0. The topological polar surface area (TPSA) is 13.1 Å². The number of rotatable bonds is 6. The van der Waals surface area contributed by atoms with Gasteiger partial charge in [-0.2, -0.15) is 4.57 Å². The Morgan fingerprint density at radius 1 is 0.808 bits per heavy atom. The van der Waals surface area contributed by atoms with Gasteiger partial charge in [-0.25, -0.2) is 0 Å². The van der Waals surface area contributed by atoms with E-state index in [9.17, 15) is 0 Å². The van der Waals surface area contributed by atoms with Crippen LogP contribution in [0.25, 0.3) is 23.3 Å². The molecule has 0 aromatic heterocycles. The lowest BCUT2D eigenvalue weighted by molar-refractivity contribution is -0.704. The van der Waals surface area contributed by atoms with Crippen LogP contribution in [0.4, 0.5) is 0 Å². The summed E-state index contributed by atoms with van der Waals surface area (Å²) in [5.74, 6) is 0.884. The van der Waals surface area contributed by atoms with E-state index in [2.05, 4.69) is 73.9 Å². The summed E-state index contributed by atoms with van der Waals surface area (Å²) in [6.07, 6.45) is 6.75. The zero-order valence-electron chi connectivity index (χ0n) is 16.3. The van der Waals surface area contributed by atoms with Gasteiger partial charge in [0.1, 0.15) is 12.3 Å². The van der Waals surface area contributed by atoms with Crippen LogP contribution in [0.1, 0.15) is 42.3 Å². The number of methoxy groups -OCH3 is 1. The van der Waals surface area contributed by atoms with Crippen molar-refractivity contribution in [1.29, 1.82) is 0 Å². The predicted octanol–water partition coefficient (Wildman–Crippen LogP) is 5.67. The number of aromatic nitrogens is 1. The number of ether oxygens (including phenoxy) is 1. The first-order chi connectivity index (χ1) is 12.6. The normalized spacial score (nSPS) is 11.4. The minimum atomic E-state index is 0.884. The summed E-state index contributed by atoms with van der Waals surface area (Å²) in [6.45, 7) is 7.82. The minimum absolute atomic E-state index is 0.884. The van der Waals surface area contributed by atoms with Crippen LogP contribution in [0, 0.1) is 13.8 Å². The highest BCUT2D eigenvalue weighted by atomic mass is 16.5. The van der Waals surface area contributed by atoms with Gasteiger partial charge in [-0.15, -0.1) is 0 Å². The zero-order valence-corrected chi connectivity index (χ0v) is 16.3. The first-order valence-corrected chi connectivity index (χ1v) is 9.39. The molecule has 0 atom stereocenters.